The number of hydrogen-bond donors (Lipinski definition) is 1. The van der Waals surface area contributed by atoms with Crippen molar-refractivity contribution in [2.45, 2.75) is 13.0 Å². The van der Waals surface area contributed by atoms with E-state index in [1.54, 1.807) is 0 Å². The molecule has 0 spiro atoms. The fraction of sp³-hybridized carbons (Fsp3) is 0.333. The fourth-order valence-electron chi connectivity index (χ4n) is 3.32. The van der Waals surface area contributed by atoms with Crippen LogP contribution in [0.25, 0.3) is 0 Å². The molecule has 2 heterocycles. The van der Waals surface area contributed by atoms with Gasteiger partial charge in [0.1, 0.15) is 18.1 Å². The van der Waals surface area contributed by atoms with Crippen LogP contribution < -0.4 is 10.1 Å². The average Bonchev–Trinajstić information content (AvgIpc) is 3.02. The molecule has 0 aromatic heterocycles. The molecular weight excluding hydrogens is 422 g/mol. The summed E-state index contributed by atoms with van der Waals surface area (Å²) in [5, 5.41) is 2.84. The van der Waals surface area contributed by atoms with Crippen LogP contribution in [0.3, 0.4) is 0 Å². The summed E-state index contributed by atoms with van der Waals surface area (Å²) in [7, 11) is 0. The largest absolute Gasteiger partial charge is 0.492 e. The molecule has 0 radical (unpaired) electrons. The van der Waals surface area contributed by atoms with E-state index in [1.807, 2.05) is 42.5 Å². The Labute approximate surface area is 172 Å². The van der Waals surface area contributed by atoms with Crippen molar-refractivity contribution >= 4 is 38.9 Å². The van der Waals surface area contributed by atoms with Gasteiger partial charge >= 0.3 is 0 Å². The van der Waals surface area contributed by atoms with Gasteiger partial charge in [0, 0.05) is 29.2 Å². The molecule has 1 N–H and O–H groups in total. The minimum atomic E-state index is -0.187. The number of ether oxygens (including phenoxy) is 2. The Bertz CT molecular complexity index is 892. The average molecular weight is 444 g/mol. The molecule has 0 saturated carbocycles. The summed E-state index contributed by atoms with van der Waals surface area (Å²) in [6.45, 7) is 6.25. The van der Waals surface area contributed by atoms with E-state index >= 15 is 0 Å². The molecule has 2 aromatic rings. The number of nitrogens with one attached hydrogen (secondary N) is 1. The van der Waals surface area contributed by atoms with Crippen LogP contribution in [0, 0.1) is 0 Å². The molecule has 2 aromatic carbocycles. The predicted molar refractivity (Wildman–Crippen MR) is 113 cm³/mol. The molecule has 6 nitrogen and oxygen atoms in total. The Hall–Kier alpha value is -2.22. The lowest BCUT2D eigenvalue weighted by Crippen LogP contribution is -2.44. The van der Waals surface area contributed by atoms with Crippen molar-refractivity contribution in [3.63, 3.8) is 0 Å². The van der Waals surface area contributed by atoms with Gasteiger partial charge in [-0.25, -0.2) is 4.99 Å². The summed E-state index contributed by atoms with van der Waals surface area (Å²) in [5.41, 5.74) is 2.72. The number of halogens is 1. The van der Waals surface area contributed by atoms with Crippen molar-refractivity contribution in [3.8, 4) is 5.75 Å². The zero-order valence-corrected chi connectivity index (χ0v) is 17.2. The van der Waals surface area contributed by atoms with E-state index in [9.17, 15) is 4.79 Å². The topological polar surface area (TPSA) is 63.2 Å². The van der Waals surface area contributed by atoms with Crippen molar-refractivity contribution in [2.24, 2.45) is 4.99 Å². The lowest BCUT2D eigenvalue weighted by molar-refractivity contribution is -0.110. The number of rotatable bonds is 5. The second-order valence-corrected chi connectivity index (χ2v) is 7.82. The predicted octanol–water partition coefficient (Wildman–Crippen LogP) is 3.62. The van der Waals surface area contributed by atoms with Gasteiger partial charge in [0.25, 0.3) is 5.91 Å². The fourth-order valence-corrected chi connectivity index (χ4v) is 3.68. The summed E-state index contributed by atoms with van der Waals surface area (Å²) < 4.78 is 12.2. The minimum Gasteiger partial charge on any atom is -0.492 e. The Morgan fingerprint density at radius 2 is 1.96 bits per heavy atom. The van der Waals surface area contributed by atoms with Gasteiger partial charge in [-0.05, 0) is 49.4 Å². The lowest BCUT2D eigenvalue weighted by atomic mass is 10.1. The van der Waals surface area contributed by atoms with Gasteiger partial charge in [-0.15, -0.1) is 0 Å². The van der Waals surface area contributed by atoms with Crippen molar-refractivity contribution < 1.29 is 14.3 Å². The minimum absolute atomic E-state index is 0.187. The maximum absolute atomic E-state index is 12.2. The van der Waals surface area contributed by atoms with E-state index in [0.29, 0.717) is 24.0 Å². The smallest absolute Gasteiger partial charge is 0.275 e. The molecule has 146 valence electrons. The normalized spacial score (nSPS) is 19.4. The number of fused-ring (bicyclic) bond motifs is 1. The molecule has 2 aliphatic heterocycles. The second kappa shape index (κ2) is 8.43. The third-order valence-electron chi connectivity index (χ3n) is 4.94. The first-order chi connectivity index (χ1) is 13.6. The third-order valence-corrected chi connectivity index (χ3v) is 5.43. The lowest BCUT2D eigenvalue weighted by Gasteiger charge is -2.32. The molecule has 0 bridgehead atoms. The first-order valence-electron chi connectivity index (χ1n) is 9.35. The van der Waals surface area contributed by atoms with E-state index in [1.165, 1.54) is 0 Å². The maximum atomic E-state index is 12.2. The summed E-state index contributed by atoms with van der Waals surface area (Å²) in [4.78, 5) is 19.2. The van der Waals surface area contributed by atoms with E-state index in [2.05, 4.69) is 38.1 Å². The molecule has 4 rings (SSSR count). The van der Waals surface area contributed by atoms with Crippen LogP contribution in [0.15, 0.2) is 51.9 Å². The number of hydrogen-bond acceptors (Lipinski definition) is 5. The van der Waals surface area contributed by atoms with E-state index < -0.39 is 0 Å². The number of carbonyl (C=O) groups is 1. The van der Waals surface area contributed by atoms with Crippen LogP contribution in [-0.4, -0.2) is 55.5 Å². The summed E-state index contributed by atoms with van der Waals surface area (Å²) in [5.74, 6) is 0.607. The summed E-state index contributed by atoms with van der Waals surface area (Å²) in [6.07, 6.45) is 0. The van der Waals surface area contributed by atoms with Crippen molar-refractivity contribution in [3.05, 3.63) is 52.5 Å². The molecule has 1 saturated heterocycles. The number of amides is 1. The zero-order valence-electron chi connectivity index (χ0n) is 15.7. The number of nitrogens with zero attached hydrogens (tertiary/aromatic N) is 2. The Balaban J connectivity index is 1.42. The molecule has 1 atom stereocenters. The van der Waals surface area contributed by atoms with Crippen LogP contribution in [-0.2, 0) is 9.53 Å². The molecule has 1 amide bonds. The third kappa shape index (κ3) is 4.27. The van der Waals surface area contributed by atoms with Gasteiger partial charge in [0.2, 0.25) is 0 Å². The monoisotopic (exact) mass is 443 g/mol. The van der Waals surface area contributed by atoms with Gasteiger partial charge < -0.3 is 14.8 Å². The van der Waals surface area contributed by atoms with Gasteiger partial charge in [0.05, 0.1) is 24.6 Å². The molecular formula is C21H22BrN3O3. The second-order valence-electron chi connectivity index (χ2n) is 6.91. The van der Waals surface area contributed by atoms with Gasteiger partial charge in [-0.1, -0.05) is 15.9 Å². The number of benzene rings is 2. The van der Waals surface area contributed by atoms with Crippen molar-refractivity contribution in [1.82, 2.24) is 4.90 Å². The van der Waals surface area contributed by atoms with Crippen LogP contribution in [0.4, 0.5) is 11.4 Å². The Morgan fingerprint density at radius 3 is 2.71 bits per heavy atom. The molecule has 1 fully saturated rings. The first-order valence-corrected chi connectivity index (χ1v) is 10.1. The number of anilines is 1. The van der Waals surface area contributed by atoms with Crippen molar-refractivity contribution in [1.29, 1.82) is 0 Å². The number of aliphatic imine (C=N–C) groups is 1. The van der Waals surface area contributed by atoms with Crippen LogP contribution in [0.5, 0.6) is 5.75 Å². The Kier molecular flexibility index (Phi) is 5.75. The van der Waals surface area contributed by atoms with Crippen molar-refractivity contribution in [2.75, 3.05) is 38.2 Å². The van der Waals surface area contributed by atoms with Gasteiger partial charge in [-0.3, -0.25) is 9.69 Å². The van der Waals surface area contributed by atoms with E-state index in [4.69, 9.17) is 9.47 Å². The molecule has 2 aliphatic rings. The molecule has 7 heteroatoms. The first kappa shape index (κ1) is 19.1. The van der Waals surface area contributed by atoms with Crippen LogP contribution in [0.2, 0.25) is 0 Å². The van der Waals surface area contributed by atoms with Gasteiger partial charge in [-0.2, -0.15) is 0 Å². The highest BCUT2D eigenvalue weighted by molar-refractivity contribution is 9.10. The molecule has 0 aliphatic carbocycles. The zero-order chi connectivity index (χ0) is 19.5. The van der Waals surface area contributed by atoms with Gasteiger partial charge in [0.15, 0.2) is 0 Å². The summed E-state index contributed by atoms with van der Waals surface area (Å²) >= 11 is 3.44. The summed E-state index contributed by atoms with van der Waals surface area (Å²) in [6, 6.07) is 13.5. The standard InChI is InChI=1S/C21H22BrN3O3/c1-14(25-8-10-27-11-9-25)13-28-17-5-3-16(4-6-17)23-20-18-12-15(22)2-7-19(18)24-21(20)26/h2-7,12,14H,8-11,13H2,1H3,(H,23,24,26). The highest BCUT2D eigenvalue weighted by atomic mass is 79.9. The molecule has 28 heavy (non-hydrogen) atoms. The Morgan fingerprint density at radius 1 is 1.21 bits per heavy atom. The molecule has 1 unspecified atom stereocenters. The van der Waals surface area contributed by atoms with E-state index in [-0.39, 0.29) is 5.91 Å². The number of morpholine rings is 1. The SMILES string of the molecule is CC(COc1ccc(N=C2C(=O)Nc3ccc(Br)cc32)cc1)N1CCOCC1. The quantitative estimate of drug-likeness (QED) is 0.766. The van der Waals surface area contributed by atoms with Crippen LogP contribution in [0.1, 0.15) is 12.5 Å². The highest BCUT2D eigenvalue weighted by Crippen LogP contribution is 2.29. The van der Waals surface area contributed by atoms with E-state index in [0.717, 1.165) is 47.8 Å². The van der Waals surface area contributed by atoms with Crippen LogP contribution >= 0.6 is 15.9 Å². The maximum Gasteiger partial charge on any atom is 0.275 e. The highest BCUT2D eigenvalue weighted by Gasteiger charge is 2.26. The number of carbonyl (C=O) groups excluding carboxylic acids is 1.